The summed E-state index contributed by atoms with van der Waals surface area (Å²) < 4.78 is 0. The highest BCUT2D eigenvalue weighted by Gasteiger charge is 2.58. The number of hydrogen-bond donors (Lipinski definition) is 3. The van der Waals surface area contributed by atoms with E-state index < -0.39 is 28.7 Å². The number of phenols is 1. The molecule has 0 unspecified atom stereocenters. The van der Waals surface area contributed by atoms with E-state index in [0.717, 1.165) is 57.1 Å². The molecular formula is C39H62N2O7. The summed E-state index contributed by atoms with van der Waals surface area (Å²) in [5, 5.41) is 30.6. The number of aromatic hydroxyl groups is 1. The molecule has 0 saturated heterocycles. The van der Waals surface area contributed by atoms with Gasteiger partial charge < -0.3 is 15.3 Å². The normalized spacial score (nSPS) is 13.4. The molecule has 2 aromatic rings. The van der Waals surface area contributed by atoms with Crippen LogP contribution in [0.3, 0.4) is 0 Å². The number of nitrogens with zero attached hydrogens (tertiary/aromatic N) is 2. The summed E-state index contributed by atoms with van der Waals surface area (Å²) in [5.74, 6) is 0.425. The molecule has 9 heteroatoms. The Morgan fingerprint density at radius 3 is 1.77 bits per heavy atom. The van der Waals surface area contributed by atoms with E-state index >= 15 is 0 Å². The van der Waals surface area contributed by atoms with Crippen LogP contribution in [0.2, 0.25) is 0 Å². The van der Waals surface area contributed by atoms with Gasteiger partial charge in [0.2, 0.25) is 0 Å². The first-order valence-electron chi connectivity index (χ1n) is 17.6. The van der Waals surface area contributed by atoms with Crippen molar-refractivity contribution in [2.24, 2.45) is 10.8 Å². The molecule has 48 heavy (non-hydrogen) atoms. The second-order valence-electron chi connectivity index (χ2n) is 15.7. The van der Waals surface area contributed by atoms with Crippen molar-refractivity contribution in [3.05, 3.63) is 65.2 Å². The maximum absolute atomic E-state index is 11.6. The summed E-state index contributed by atoms with van der Waals surface area (Å²) >= 11 is 0. The third kappa shape index (κ3) is 11.1. The van der Waals surface area contributed by atoms with Gasteiger partial charge in [0, 0.05) is 28.8 Å². The minimum atomic E-state index is -1.63. The minimum Gasteiger partial charge on any atom is -0.508 e. The maximum atomic E-state index is 11.6. The molecule has 2 aromatic carbocycles. The maximum Gasteiger partial charge on any atom is 0.528 e. The molecule has 270 valence electrons. The lowest BCUT2D eigenvalue weighted by Gasteiger charge is -2.55. The molecule has 0 fully saturated rings. The zero-order valence-corrected chi connectivity index (χ0v) is 31.1. The van der Waals surface area contributed by atoms with Crippen molar-refractivity contribution in [1.29, 1.82) is 0 Å². The van der Waals surface area contributed by atoms with Gasteiger partial charge in [-0.1, -0.05) is 110 Å². The number of carboxylic acid groups (broad SMARTS) is 2. The van der Waals surface area contributed by atoms with Gasteiger partial charge in [-0.15, -0.1) is 0 Å². The predicted molar refractivity (Wildman–Crippen MR) is 191 cm³/mol. The predicted octanol–water partition coefficient (Wildman–Crippen LogP) is 10.3. The molecule has 0 aromatic heterocycles. The van der Waals surface area contributed by atoms with Gasteiger partial charge in [-0.2, -0.15) is 0 Å². The number of carbonyl (C=O) groups is 2. The summed E-state index contributed by atoms with van der Waals surface area (Å²) in [7, 11) is 0. The quantitative estimate of drug-likeness (QED) is 0.105. The molecule has 1 atom stereocenters. The highest BCUT2D eigenvalue weighted by atomic mass is 17.0. The average Bonchev–Trinajstić information content (AvgIpc) is 2.95. The molecule has 0 heterocycles. The lowest BCUT2D eigenvalue weighted by atomic mass is 9.58. The number of aryl methyl sites for hydroxylation is 1. The molecule has 0 aliphatic rings. The van der Waals surface area contributed by atoms with Crippen molar-refractivity contribution in [1.82, 2.24) is 10.1 Å². The number of rotatable bonds is 18. The van der Waals surface area contributed by atoms with Crippen molar-refractivity contribution < 1.29 is 34.6 Å². The van der Waals surface area contributed by atoms with Gasteiger partial charge in [-0.05, 0) is 87.9 Å². The number of hydrogen-bond acceptors (Lipinski definition) is 7. The largest absolute Gasteiger partial charge is 0.528 e. The summed E-state index contributed by atoms with van der Waals surface area (Å²) in [6.07, 6.45) is 3.64. The zero-order chi connectivity index (χ0) is 36.3. The van der Waals surface area contributed by atoms with Crippen LogP contribution in [-0.2, 0) is 16.1 Å². The smallest absolute Gasteiger partial charge is 0.508 e. The van der Waals surface area contributed by atoms with Gasteiger partial charge in [-0.3, -0.25) is 14.6 Å². The lowest BCUT2D eigenvalue weighted by Crippen LogP contribution is -2.65. The third-order valence-electron chi connectivity index (χ3n) is 9.79. The third-order valence-corrected chi connectivity index (χ3v) is 9.79. The van der Waals surface area contributed by atoms with Gasteiger partial charge in [0.05, 0.1) is 0 Å². The second kappa shape index (κ2) is 17.9. The number of hydroxylamine groups is 2. The van der Waals surface area contributed by atoms with Crippen molar-refractivity contribution in [3.63, 3.8) is 0 Å². The Bertz CT molecular complexity index is 1240. The molecule has 2 rings (SSSR count). The summed E-state index contributed by atoms with van der Waals surface area (Å²) in [6, 6.07) is 17.4. The van der Waals surface area contributed by atoms with E-state index in [1.807, 2.05) is 59.7 Å². The van der Waals surface area contributed by atoms with Gasteiger partial charge in [-0.25, -0.2) is 9.59 Å². The average molecular weight is 671 g/mol. The summed E-state index contributed by atoms with van der Waals surface area (Å²) in [5.41, 5.74) is 1.15. The van der Waals surface area contributed by atoms with Crippen LogP contribution in [0.15, 0.2) is 48.5 Å². The van der Waals surface area contributed by atoms with Crippen molar-refractivity contribution >= 4 is 12.3 Å². The topological polar surface area (TPSA) is 120 Å². The Labute approximate surface area is 289 Å². The fourth-order valence-electron chi connectivity index (χ4n) is 7.69. The fourth-order valence-corrected chi connectivity index (χ4v) is 7.69. The van der Waals surface area contributed by atoms with E-state index in [4.69, 9.17) is 9.68 Å². The highest BCUT2D eigenvalue weighted by Crippen LogP contribution is 2.52. The van der Waals surface area contributed by atoms with E-state index in [1.54, 1.807) is 0 Å². The molecule has 0 spiro atoms. The Hall–Kier alpha value is -3.30. The Morgan fingerprint density at radius 2 is 1.27 bits per heavy atom. The monoisotopic (exact) mass is 670 g/mol. The van der Waals surface area contributed by atoms with Crippen LogP contribution in [0.1, 0.15) is 137 Å². The second-order valence-corrected chi connectivity index (χ2v) is 15.7. The Morgan fingerprint density at radius 1 is 0.750 bits per heavy atom. The van der Waals surface area contributed by atoms with Crippen molar-refractivity contribution in [2.75, 3.05) is 6.54 Å². The van der Waals surface area contributed by atoms with Gasteiger partial charge in [0.25, 0.3) is 0 Å². The van der Waals surface area contributed by atoms with Gasteiger partial charge in [0.1, 0.15) is 11.3 Å². The fraction of sp³-hybridized carbons (Fsp3) is 0.641. The van der Waals surface area contributed by atoms with Crippen LogP contribution in [0.5, 0.6) is 5.75 Å². The molecular weight excluding hydrogens is 608 g/mol. The Kier molecular flexibility index (Phi) is 15.3. The Balaban J connectivity index is 2.11. The van der Waals surface area contributed by atoms with Gasteiger partial charge >= 0.3 is 12.3 Å². The highest BCUT2D eigenvalue weighted by molar-refractivity contribution is 5.58. The standard InChI is InChI=1S/C39H62N2O7/c1-28(2)40(29(3)4)26-24-32(31-20-16-14-17-21-31)33-27-30(22-23-34(33)42)19-15-12-11-13-18-25-39(37(5,6)7,38(8,9)10)41(47-35(43)44)48-36(45)46/h14,16-17,20-23,27-29,32,42H,11-13,15,18-19,24-26H2,1-10H3,(H,43,44)(H,45,46)/t32-/m1/s1. The summed E-state index contributed by atoms with van der Waals surface area (Å²) in [4.78, 5) is 35.5. The first-order chi connectivity index (χ1) is 22.3. The molecule has 0 saturated carbocycles. The number of benzene rings is 2. The lowest BCUT2D eigenvalue weighted by molar-refractivity contribution is -0.399. The first kappa shape index (κ1) is 40.9. The van der Waals surface area contributed by atoms with E-state index in [9.17, 15) is 24.9 Å². The molecule has 3 N–H and O–H groups in total. The van der Waals surface area contributed by atoms with Crippen LogP contribution in [0.4, 0.5) is 9.59 Å². The number of unbranched alkanes of at least 4 members (excludes halogenated alkanes) is 4. The molecule has 9 nitrogen and oxygen atoms in total. The molecule has 0 bridgehead atoms. The zero-order valence-electron chi connectivity index (χ0n) is 31.1. The minimum absolute atomic E-state index is 0.0897. The summed E-state index contributed by atoms with van der Waals surface area (Å²) in [6.45, 7) is 21.5. The van der Waals surface area contributed by atoms with Crippen LogP contribution in [-0.4, -0.2) is 61.9 Å². The molecule has 0 aliphatic carbocycles. The van der Waals surface area contributed by atoms with Crippen LogP contribution < -0.4 is 0 Å². The van der Waals surface area contributed by atoms with Gasteiger partial charge in [0.15, 0.2) is 0 Å². The van der Waals surface area contributed by atoms with Crippen LogP contribution >= 0.6 is 0 Å². The van der Waals surface area contributed by atoms with Crippen LogP contribution in [0, 0.1) is 10.8 Å². The molecule has 0 amide bonds. The van der Waals surface area contributed by atoms with E-state index in [1.165, 1.54) is 11.1 Å². The SMILES string of the molecule is CC(C)N(CC[C@H](c1ccccc1)c1cc(CCCCCCCC(N(OC(=O)O)OC(=O)O)(C(C)(C)C)C(C)(C)C)ccc1O)C(C)C. The van der Waals surface area contributed by atoms with E-state index in [-0.39, 0.29) is 5.92 Å². The van der Waals surface area contributed by atoms with Crippen molar-refractivity contribution in [2.45, 2.75) is 144 Å². The van der Waals surface area contributed by atoms with E-state index in [0.29, 0.717) is 29.5 Å². The van der Waals surface area contributed by atoms with Crippen molar-refractivity contribution in [3.8, 4) is 5.75 Å². The molecule has 0 aliphatic heterocycles. The molecule has 0 radical (unpaired) electrons. The van der Waals surface area contributed by atoms with E-state index in [2.05, 4.69) is 62.9 Å². The van der Waals surface area contributed by atoms with Crippen LogP contribution in [0.25, 0.3) is 0 Å². The first-order valence-corrected chi connectivity index (χ1v) is 17.6. The number of phenolic OH excluding ortho intramolecular Hbond substituents is 1.